The van der Waals surface area contributed by atoms with Gasteiger partial charge in [0.25, 0.3) is 5.91 Å². The topological polar surface area (TPSA) is 142 Å². The molecule has 1 aromatic heterocycles. The van der Waals surface area contributed by atoms with Crippen LogP contribution in [0.5, 0.6) is 11.5 Å². The lowest BCUT2D eigenvalue weighted by molar-refractivity contribution is -0.123. The van der Waals surface area contributed by atoms with Crippen molar-refractivity contribution in [3.05, 3.63) is 68.3 Å². The van der Waals surface area contributed by atoms with Crippen molar-refractivity contribution in [1.82, 2.24) is 10.3 Å². The maximum atomic E-state index is 15.2. The molecule has 1 aliphatic carbocycles. The number of nitrogens with two attached hydrogens (primary N) is 2. The lowest BCUT2D eigenvalue weighted by Gasteiger charge is -2.24. The molecule has 5 rings (SSSR count). The number of methoxy groups -OCH3 is 1. The number of rotatable bonds is 10. The van der Waals surface area contributed by atoms with E-state index in [4.69, 9.17) is 44.1 Å². The quantitative estimate of drug-likeness (QED) is 0.0842. The number of amides is 2. The van der Waals surface area contributed by atoms with Crippen LogP contribution in [0, 0.1) is 17.6 Å². The maximum absolute atomic E-state index is 15.2. The van der Waals surface area contributed by atoms with Crippen LogP contribution in [0.25, 0.3) is 11.3 Å². The Bertz CT molecular complexity index is 1740. The van der Waals surface area contributed by atoms with Crippen LogP contribution < -0.4 is 26.3 Å². The number of nitrogens with zero attached hydrogens (tertiary/aromatic N) is 2. The van der Waals surface area contributed by atoms with Crippen LogP contribution in [-0.2, 0) is 10.2 Å². The van der Waals surface area contributed by atoms with Crippen LogP contribution in [0.4, 0.5) is 23.2 Å². The highest BCUT2D eigenvalue weighted by molar-refractivity contribution is 6.33. The van der Waals surface area contributed by atoms with E-state index in [2.05, 4.69) is 15.3 Å². The van der Waals surface area contributed by atoms with Crippen LogP contribution in [0.15, 0.2) is 29.3 Å². The number of hydrogen-bond acceptors (Lipinski definition) is 7. The molecule has 0 unspecified atom stereocenters. The third-order valence-corrected chi connectivity index (χ3v) is 8.66. The molecular formula is C30H27Cl2F4N5O4. The molecule has 2 aromatic carbocycles. The van der Waals surface area contributed by atoms with Crippen molar-refractivity contribution < 1.29 is 36.6 Å². The molecule has 2 amide bonds. The van der Waals surface area contributed by atoms with E-state index in [9.17, 15) is 22.8 Å². The van der Waals surface area contributed by atoms with Crippen LogP contribution in [0.2, 0.25) is 10.0 Å². The monoisotopic (exact) mass is 667 g/mol. The number of benzene rings is 2. The molecule has 45 heavy (non-hydrogen) atoms. The lowest BCUT2D eigenvalue weighted by atomic mass is 9.81. The number of nitrogen functional groups attached to an aromatic ring is 1. The molecule has 1 aliphatic heterocycles. The van der Waals surface area contributed by atoms with Crippen molar-refractivity contribution in [3.63, 3.8) is 0 Å². The SMILES string of the molecule is COc1cc(C(=O)NC[C@H](c2nc(-c3cc(Cl)c(F)cc3F)c3c(c2Cl)[C@@](C)(C(N)=O)CO3)C2CC2)cc(C=NC(F)F)c1N. The zero-order valence-electron chi connectivity index (χ0n) is 23.9. The maximum Gasteiger partial charge on any atom is 0.331 e. The Kier molecular flexibility index (Phi) is 8.87. The van der Waals surface area contributed by atoms with Crippen molar-refractivity contribution in [2.75, 3.05) is 26.0 Å². The molecule has 0 radical (unpaired) electrons. The van der Waals surface area contributed by atoms with Gasteiger partial charge in [-0.15, -0.1) is 0 Å². The number of aliphatic imine (C=N–C) groups is 1. The van der Waals surface area contributed by atoms with Crippen LogP contribution in [0.3, 0.4) is 0 Å². The molecule has 2 heterocycles. The number of carbonyl (C=O) groups is 2. The first-order chi connectivity index (χ1) is 21.3. The van der Waals surface area contributed by atoms with Gasteiger partial charge in [-0.05, 0) is 43.9 Å². The number of carbonyl (C=O) groups excluding carboxylic acids is 2. The summed E-state index contributed by atoms with van der Waals surface area (Å²) in [5, 5.41) is 2.51. The number of nitrogens with one attached hydrogen (secondary N) is 1. The minimum atomic E-state index is -2.98. The van der Waals surface area contributed by atoms with Crippen molar-refractivity contribution >= 4 is 46.9 Å². The second kappa shape index (κ2) is 12.4. The average Bonchev–Trinajstić information content (AvgIpc) is 3.76. The zero-order chi connectivity index (χ0) is 32.8. The fourth-order valence-corrected chi connectivity index (χ4v) is 5.94. The summed E-state index contributed by atoms with van der Waals surface area (Å²) >= 11 is 12.9. The number of anilines is 1. The molecule has 0 saturated heterocycles. The summed E-state index contributed by atoms with van der Waals surface area (Å²) in [4.78, 5) is 33.7. The molecule has 9 nitrogen and oxygen atoms in total. The van der Waals surface area contributed by atoms with Gasteiger partial charge in [-0.3, -0.25) is 9.59 Å². The number of primary amides is 1. The molecule has 2 atom stereocenters. The van der Waals surface area contributed by atoms with Gasteiger partial charge < -0.3 is 26.3 Å². The summed E-state index contributed by atoms with van der Waals surface area (Å²) in [5.41, 5.74) is 10.6. The second-order valence-electron chi connectivity index (χ2n) is 11.0. The highest BCUT2D eigenvalue weighted by Gasteiger charge is 2.48. The third kappa shape index (κ3) is 6.10. The fraction of sp³-hybridized carbons (Fsp3) is 0.333. The number of hydrogen-bond donors (Lipinski definition) is 3. The molecule has 3 aromatic rings. The van der Waals surface area contributed by atoms with Gasteiger partial charge in [-0.25, -0.2) is 18.8 Å². The smallest absolute Gasteiger partial charge is 0.331 e. The molecule has 15 heteroatoms. The van der Waals surface area contributed by atoms with E-state index in [1.807, 2.05) is 0 Å². The predicted molar refractivity (Wildman–Crippen MR) is 160 cm³/mol. The molecule has 2 aliphatic rings. The Morgan fingerprint density at radius 3 is 2.56 bits per heavy atom. The summed E-state index contributed by atoms with van der Waals surface area (Å²) in [5.74, 6) is -3.73. The number of halogens is 6. The number of alkyl halides is 2. The second-order valence-corrected chi connectivity index (χ2v) is 11.8. The Labute approximate surface area is 264 Å². The van der Waals surface area contributed by atoms with Crippen LogP contribution in [0.1, 0.15) is 52.9 Å². The minimum absolute atomic E-state index is 0.000279. The first-order valence-corrected chi connectivity index (χ1v) is 14.4. The molecule has 238 valence electrons. The Hall–Kier alpha value is -4.10. The number of fused-ring (bicyclic) bond motifs is 1. The molecular weight excluding hydrogens is 641 g/mol. The standard InChI is InChI=1S/C30H27Cl2F4N5O4/c1-30(28(38)43)11-45-26-21(30)22(32)24(41-25(26)15-7-17(31)19(34)8-18(15)33)16(12-3-4-12)10-39-27(42)13-5-14(9-40-29(35)36)23(37)20(6-13)44-2/h5-9,12,16,29H,3-4,10-11,37H2,1-2H3,(H2,38,43)(H,39,42)/t16-,30-/m0/s1. The van der Waals surface area contributed by atoms with E-state index in [0.29, 0.717) is 6.07 Å². The highest BCUT2D eigenvalue weighted by atomic mass is 35.5. The van der Waals surface area contributed by atoms with E-state index in [-0.39, 0.29) is 79.9 Å². The zero-order valence-corrected chi connectivity index (χ0v) is 25.4. The van der Waals surface area contributed by atoms with Crippen molar-refractivity contribution in [2.45, 2.75) is 37.6 Å². The predicted octanol–water partition coefficient (Wildman–Crippen LogP) is 5.62. The Balaban J connectivity index is 1.57. The summed E-state index contributed by atoms with van der Waals surface area (Å²) in [6, 6.07) is 4.32. The largest absolute Gasteiger partial charge is 0.495 e. The number of pyridine rings is 1. The van der Waals surface area contributed by atoms with Gasteiger partial charge in [0.2, 0.25) is 5.91 Å². The Morgan fingerprint density at radius 1 is 1.22 bits per heavy atom. The molecule has 1 fully saturated rings. The first kappa shape index (κ1) is 32.3. The van der Waals surface area contributed by atoms with Crippen LogP contribution >= 0.6 is 23.2 Å². The molecule has 1 saturated carbocycles. The van der Waals surface area contributed by atoms with Crippen LogP contribution in [-0.4, -0.2) is 49.8 Å². The summed E-state index contributed by atoms with van der Waals surface area (Å²) in [6.45, 7) is -1.66. The third-order valence-electron chi connectivity index (χ3n) is 7.99. The van der Waals surface area contributed by atoms with Crippen molar-refractivity contribution in [1.29, 1.82) is 0 Å². The lowest BCUT2D eigenvalue weighted by Crippen LogP contribution is -2.40. The molecule has 0 spiro atoms. The van der Waals surface area contributed by atoms with E-state index >= 15 is 4.39 Å². The number of ether oxygens (including phenoxy) is 2. The molecule has 5 N–H and O–H groups in total. The average molecular weight is 668 g/mol. The summed E-state index contributed by atoms with van der Waals surface area (Å²) < 4.78 is 65.6. The van der Waals surface area contributed by atoms with E-state index in [1.54, 1.807) is 0 Å². The van der Waals surface area contributed by atoms with Gasteiger partial charge in [0.15, 0.2) is 5.75 Å². The van der Waals surface area contributed by atoms with E-state index in [0.717, 1.165) is 25.1 Å². The van der Waals surface area contributed by atoms with Crippen molar-refractivity contribution in [2.24, 2.45) is 16.6 Å². The Morgan fingerprint density at radius 2 is 1.93 bits per heavy atom. The minimum Gasteiger partial charge on any atom is -0.495 e. The summed E-state index contributed by atoms with van der Waals surface area (Å²) in [7, 11) is 1.31. The van der Waals surface area contributed by atoms with Gasteiger partial charge in [-0.1, -0.05) is 23.2 Å². The van der Waals surface area contributed by atoms with Gasteiger partial charge in [0.05, 0.1) is 28.5 Å². The summed E-state index contributed by atoms with van der Waals surface area (Å²) in [6.07, 6.45) is 2.37. The first-order valence-electron chi connectivity index (χ1n) is 13.6. The van der Waals surface area contributed by atoms with Crippen molar-refractivity contribution in [3.8, 4) is 22.8 Å². The van der Waals surface area contributed by atoms with Gasteiger partial charge >= 0.3 is 6.55 Å². The number of aromatic nitrogens is 1. The highest BCUT2D eigenvalue weighted by Crippen LogP contribution is 2.52. The van der Waals surface area contributed by atoms with Gasteiger partial charge in [0, 0.05) is 47.0 Å². The van der Waals surface area contributed by atoms with Gasteiger partial charge in [-0.2, -0.15) is 8.78 Å². The normalized spacial score (nSPS) is 18.2. The molecule has 0 bridgehead atoms. The van der Waals surface area contributed by atoms with E-state index in [1.165, 1.54) is 26.2 Å². The van der Waals surface area contributed by atoms with Gasteiger partial charge in [0.1, 0.15) is 35.1 Å². The van der Waals surface area contributed by atoms with E-state index < -0.39 is 41.3 Å². The fourth-order valence-electron chi connectivity index (χ4n) is 5.30.